The number of hydrogen-bond donors (Lipinski definition) is 1. The number of hydrogen-bond acceptors (Lipinski definition) is 4. The summed E-state index contributed by atoms with van der Waals surface area (Å²) in [7, 11) is 0. The minimum Gasteiger partial charge on any atom is -0.494 e. The van der Waals surface area contributed by atoms with Gasteiger partial charge in [0.15, 0.2) is 0 Å². The van der Waals surface area contributed by atoms with Crippen molar-refractivity contribution in [1.29, 1.82) is 0 Å². The molecule has 90 valence electrons. The second-order valence-electron chi connectivity index (χ2n) is 3.41. The molecule has 1 aromatic carbocycles. The molecule has 1 N–H and O–H groups in total. The fraction of sp³-hybridized carbons (Fsp3) is 0.250. The largest absolute Gasteiger partial charge is 0.494 e. The van der Waals surface area contributed by atoms with Crippen LogP contribution in [0.15, 0.2) is 34.2 Å². The number of aliphatic hydroxyl groups excluding tert-OH is 1. The Bertz CT molecular complexity index is 484. The Labute approximate surface area is 112 Å². The first kappa shape index (κ1) is 12.5. The molecule has 0 bridgehead atoms. The lowest BCUT2D eigenvalue weighted by Gasteiger charge is -2.09. The van der Waals surface area contributed by atoms with Crippen LogP contribution < -0.4 is 4.74 Å². The van der Waals surface area contributed by atoms with Crippen molar-refractivity contribution < 1.29 is 9.84 Å². The molecular formula is C12H12BrNO2S. The molecule has 0 radical (unpaired) electrons. The third-order valence-electron chi connectivity index (χ3n) is 2.23. The summed E-state index contributed by atoms with van der Waals surface area (Å²) in [5, 5.41) is 12.6. The van der Waals surface area contributed by atoms with E-state index < -0.39 is 6.10 Å². The predicted molar refractivity (Wildman–Crippen MR) is 71.5 cm³/mol. The number of halogens is 1. The maximum absolute atomic E-state index is 10.1. The molecular weight excluding hydrogens is 302 g/mol. The van der Waals surface area contributed by atoms with Crippen molar-refractivity contribution in [2.24, 2.45) is 0 Å². The summed E-state index contributed by atoms with van der Waals surface area (Å²) in [6.07, 6.45) is -0.679. The number of benzene rings is 1. The van der Waals surface area contributed by atoms with E-state index in [2.05, 4.69) is 20.9 Å². The van der Waals surface area contributed by atoms with Crippen LogP contribution in [-0.2, 0) is 0 Å². The summed E-state index contributed by atoms with van der Waals surface area (Å²) < 4.78 is 6.10. The van der Waals surface area contributed by atoms with Gasteiger partial charge in [0, 0.05) is 5.38 Å². The van der Waals surface area contributed by atoms with Gasteiger partial charge in [-0.1, -0.05) is 12.1 Å². The standard InChI is InChI=1S/C12H12BrNO2S/c1-2-16-9-5-3-8(4-6-9)11(15)12-14-10(13)7-17-12/h3-7,11,15H,2H2,1H3. The van der Waals surface area contributed by atoms with Crippen molar-refractivity contribution in [1.82, 2.24) is 4.98 Å². The van der Waals surface area contributed by atoms with E-state index in [1.54, 1.807) is 0 Å². The van der Waals surface area contributed by atoms with E-state index in [1.807, 2.05) is 36.6 Å². The van der Waals surface area contributed by atoms with Gasteiger partial charge in [0.05, 0.1) is 6.61 Å². The molecule has 3 nitrogen and oxygen atoms in total. The fourth-order valence-electron chi connectivity index (χ4n) is 1.45. The van der Waals surface area contributed by atoms with E-state index >= 15 is 0 Å². The first-order valence-electron chi connectivity index (χ1n) is 5.22. The van der Waals surface area contributed by atoms with Gasteiger partial charge in [-0.15, -0.1) is 11.3 Å². The first-order valence-corrected chi connectivity index (χ1v) is 6.89. The maximum Gasteiger partial charge on any atom is 0.131 e. The molecule has 0 aliphatic rings. The van der Waals surface area contributed by atoms with Gasteiger partial charge in [0.2, 0.25) is 0 Å². The minimum atomic E-state index is -0.679. The zero-order valence-electron chi connectivity index (χ0n) is 9.26. The zero-order chi connectivity index (χ0) is 12.3. The molecule has 0 saturated heterocycles. The number of aromatic nitrogens is 1. The minimum absolute atomic E-state index is 0.640. The second-order valence-corrected chi connectivity index (χ2v) is 5.12. The molecule has 1 atom stereocenters. The lowest BCUT2D eigenvalue weighted by molar-refractivity contribution is 0.219. The molecule has 2 aromatic rings. The van der Waals surface area contributed by atoms with Crippen LogP contribution in [0.2, 0.25) is 0 Å². The van der Waals surface area contributed by atoms with Crippen molar-refractivity contribution in [3.63, 3.8) is 0 Å². The van der Waals surface area contributed by atoms with E-state index in [0.29, 0.717) is 11.6 Å². The Kier molecular flexibility index (Phi) is 4.15. The van der Waals surface area contributed by atoms with Gasteiger partial charge < -0.3 is 9.84 Å². The normalized spacial score (nSPS) is 12.4. The second kappa shape index (κ2) is 5.62. The summed E-state index contributed by atoms with van der Waals surface area (Å²) in [5.74, 6) is 0.809. The van der Waals surface area contributed by atoms with Crippen LogP contribution in [-0.4, -0.2) is 16.7 Å². The molecule has 0 aliphatic heterocycles. The van der Waals surface area contributed by atoms with E-state index in [-0.39, 0.29) is 0 Å². The summed E-state index contributed by atoms with van der Waals surface area (Å²) in [4.78, 5) is 4.20. The monoisotopic (exact) mass is 313 g/mol. The summed E-state index contributed by atoms with van der Waals surface area (Å²) in [6, 6.07) is 7.41. The summed E-state index contributed by atoms with van der Waals surface area (Å²) in [6.45, 7) is 2.58. The molecule has 5 heteroatoms. The molecule has 0 amide bonds. The number of rotatable bonds is 4. The molecule has 0 spiro atoms. The van der Waals surface area contributed by atoms with Gasteiger partial charge >= 0.3 is 0 Å². The van der Waals surface area contributed by atoms with Crippen LogP contribution in [0.4, 0.5) is 0 Å². The van der Waals surface area contributed by atoms with Crippen molar-refractivity contribution in [3.8, 4) is 5.75 Å². The molecule has 0 saturated carbocycles. The van der Waals surface area contributed by atoms with Gasteiger partial charge in [-0.2, -0.15) is 0 Å². The fourth-order valence-corrected chi connectivity index (χ4v) is 2.72. The Morgan fingerprint density at radius 2 is 2.12 bits per heavy atom. The number of nitrogens with zero attached hydrogens (tertiary/aromatic N) is 1. The number of thiazole rings is 1. The van der Waals surface area contributed by atoms with Gasteiger partial charge in [-0.25, -0.2) is 4.98 Å². The van der Waals surface area contributed by atoms with Gasteiger partial charge in [0.25, 0.3) is 0 Å². The quantitative estimate of drug-likeness (QED) is 0.940. The van der Waals surface area contributed by atoms with Crippen LogP contribution in [0.25, 0.3) is 0 Å². The van der Waals surface area contributed by atoms with Crippen molar-refractivity contribution in [3.05, 3.63) is 44.8 Å². The predicted octanol–water partition coefficient (Wildman–Crippen LogP) is 3.39. The Balaban J connectivity index is 2.16. The molecule has 1 aromatic heterocycles. The highest BCUT2D eigenvalue weighted by atomic mass is 79.9. The smallest absolute Gasteiger partial charge is 0.131 e. The maximum atomic E-state index is 10.1. The van der Waals surface area contributed by atoms with Gasteiger partial charge in [0.1, 0.15) is 21.5 Å². The number of aliphatic hydroxyl groups is 1. The average molecular weight is 314 g/mol. The highest BCUT2D eigenvalue weighted by Gasteiger charge is 2.14. The van der Waals surface area contributed by atoms with Crippen LogP contribution in [0.1, 0.15) is 23.6 Å². The molecule has 1 unspecified atom stereocenters. The van der Waals surface area contributed by atoms with Crippen LogP contribution in [0.3, 0.4) is 0 Å². The van der Waals surface area contributed by atoms with Crippen LogP contribution >= 0.6 is 27.3 Å². The molecule has 1 heterocycles. The van der Waals surface area contributed by atoms with Crippen molar-refractivity contribution in [2.75, 3.05) is 6.61 Å². The highest BCUT2D eigenvalue weighted by Crippen LogP contribution is 2.27. The first-order chi connectivity index (χ1) is 8.20. The van der Waals surface area contributed by atoms with E-state index in [1.165, 1.54) is 11.3 Å². The topological polar surface area (TPSA) is 42.4 Å². The lowest BCUT2D eigenvalue weighted by atomic mass is 10.1. The van der Waals surface area contributed by atoms with E-state index in [4.69, 9.17) is 4.74 Å². The van der Waals surface area contributed by atoms with Crippen LogP contribution in [0, 0.1) is 0 Å². The number of ether oxygens (including phenoxy) is 1. The van der Waals surface area contributed by atoms with Crippen molar-refractivity contribution >= 4 is 27.3 Å². The molecule has 2 rings (SSSR count). The SMILES string of the molecule is CCOc1ccc(C(O)c2nc(Br)cs2)cc1. The Morgan fingerprint density at radius 3 is 2.65 bits per heavy atom. The molecule has 0 fully saturated rings. The van der Waals surface area contributed by atoms with Crippen LogP contribution in [0.5, 0.6) is 5.75 Å². The molecule has 0 aliphatic carbocycles. The lowest BCUT2D eigenvalue weighted by Crippen LogP contribution is -1.99. The molecule has 17 heavy (non-hydrogen) atoms. The van der Waals surface area contributed by atoms with Crippen molar-refractivity contribution in [2.45, 2.75) is 13.0 Å². The van der Waals surface area contributed by atoms with Gasteiger partial charge in [-0.3, -0.25) is 0 Å². The highest BCUT2D eigenvalue weighted by molar-refractivity contribution is 9.10. The third kappa shape index (κ3) is 3.06. The zero-order valence-corrected chi connectivity index (χ0v) is 11.7. The van der Waals surface area contributed by atoms with E-state index in [9.17, 15) is 5.11 Å². The average Bonchev–Trinajstić information content (AvgIpc) is 2.76. The summed E-state index contributed by atoms with van der Waals surface area (Å²) >= 11 is 4.70. The Morgan fingerprint density at radius 1 is 1.41 bits per heavy atom. The van der Waals surface area contributed by atoms with Gasteiger partial charge in [-0.05, 0) is 40.5 Å². The van der Waals surface area contributed by atoms with E-state index in [0.717, 1.165) is 15.9 Å². The third-order valence-corrected chi connectivity index (χ3v) is 3.84. The summed E-state index contributed by atoms with van der Waals surface area (Å²) in [5.41, 5.74) is 0.815. The Hall–Kier alpha value is -0.910.